The molecule has 1 N–H and O–H groups in total. The third-order valence-corrected chi connectivity index (χ3v) is 2.83. The lowest BCUT2D eigenvalue weighted by atomic mass is 10.1. The average Bonchev–Trinajstić information content (AvgIpc) is 2.39. The molecule has 0 saturated carbocycles. The van der Waals surface area contributed by atoms with Crippen LogP contribution in [0.25, 0.3) is 0 Å². The van der Waals surface area contributed by atoms with Gasteiger partial charge in [-0.2, -0.15) is 0 Å². The number of hydrogen-bond donors (Lipinski definition) is 1. The van der Waals surface area contributed by atoms with Crippen molar-refractivity contribution in [3.8, 4) is 0 Å². The standard InChI is InChI=1S/C14H12F2N2O2/c1-9-2-5-14(18(19)20)13(6-9)17-8-10-7-11(15)3-4-12(10)16/h2-7,17H,8H2,1H3. The number of aryl methyl sites for hydroxylation is 1. The number of nitro groups is 1. The van der Waals surface area contributed by atoms with Gasteiger partial charge in [0.15, 0.2) is 0 Å². The van der Waals surface area contributed by atoms with Crippen LogP contribution >= 0.6 is 0 Å². The van der Waals surface area contributed by atoms with Crippen LogP contribution in [0.2, 0.25) is 0 Å². The molecule has 0 aromatic heterocycles. The maximum absolute atomic E-state index is 13.5. The summed E-state index contributed by atoms with van der Waals surface area (Å²) in [7, 11) is 0. The van der Waals surface area contributed by atoms with Crippen LogP contribution < -0.4 is 5.32 Å². The summed E-state index contributed by atoms with van der Waals surface area (Å²) in [6, 6.07) is 7.69. The van der Waals surface area contributed by atoms with Crippen LogP contribution in [0.4, 0.5) is 20.2 Å². The van der Waals surface area contributed by atoms with Gasteiger partial charge in [-0.05, 0) is 36.8 Å². The zero-order valence-electron chi connectivity index (χ0n) is 10.7. The summed E-state index contributed by atoms with van der Waals surface area (Å²) in [4.78, 5) is 10.4. The molecule has 0 bridgehead atoms. The lowest BCUT2D eigenvalue weighted by Gasteiger charge is -2.09. The molecule has 0 aliphatic heterocycles. The van der Waals surface area contributed by atoms with Gasteiger partial charge in [-0.1, -0.05) is 6.07 Å². The van der Waals surface area contributed by atoms with E-state index in [-0.39, 0.29) is 23.5 Å². The maximum atomic E-state index is 13.5. The van der Waals surface area contributed by atoms with E-state index < -0.39 is 16.6 Å². The van der Waals surface area contributed by atoms with Crippen molar-refractivity contribution in [3.05, 3.63) is 69.3 Å². The summed E-state index contributed by atoms with van der Waals surface area (Å²) in [5.41, 5.74) is 1.12. The predicted octanol–water partition coefficient (Wildman–Crippen LogP) is 3.79. The van der Waals surface area contributed by atoms with E-state index in [1.54, 1.807) is 19.1 Å². The Morgan fingerprint density at radius 3 is 2.65 bits per heavy atom. The predicted molar refractivity (Wildman–Crippen MR) is 71.5 cm³/mol. The van der Waals surface area contributed by atoms with Crippen LogP contribution in [0.15, 0.2) is 36.4 Å². The van der Waals surface area contributed by atoms with Crippen molar-refractivity contribution in [3.63, 3.8) is 0 Å². The number of nitrogens with zero attached hydrogens (tertiary/aromatic N) is 1. The second kappa shape index (κ2) is 5.64. The minimum absolute atomic E-state index is 0.0338. The number of nitrogens with one attached hydrogen (secondary N) is 1. The lowest BCUT2D eigenvalue weighted by Crippen LogP contribution is -2.05. The van der Waals surface area contributed by atoms with Crippen molar-refractivity contribution >= 4 is 11.4 Å². The second-order valence-corrected chi connectivity index (χ2v) is 4.37. The van der Waals surface area contributed by atoms with Crippen LogP contribution in [-0.2, 0) is 6.54 Å². The van der Waals surface area contributed by atoms with Crippen molar-refractivity contribution in [1.82, 2.24) is 0 Å². The molecule has 0 spiro atoms. The highest BCUT2D eigenvalue weighted by Gasteiger charge is 2.13. The molecule has 0 radical (unpaired) electrons. The van der Waals surface area contributed by atoms with Gasteiger partial charge in [0.25, 0.3) is 5.69 Å². The molecule has 0 fully saturated rings. The molecule has 2 rings (SSSR count). The minimum atomic E-state index is -0.561. The van der Waals surface area contributed by atoms with Crippen molar-refractivity contribution < 1.29 is 13.7 Å². The fourth-order valence-electron chi connectivity index (χ4n) is 1.82. The van der Waals surface area contributed by atoms with Gasteiger partial charge in [-0.25, -0.2) is 8.78 Å². The minimum Gasteiger partial charge on any atom is -0.375 e. The van der Waals surface area contributed by atoms with Crippen LogP contribution in [0.1, 0.15) is 11.1 Å². The Bertz CT molecular complexity index is 660. The monoisotopic (exact) mass is 278 g/mol. The highest BCUT2D eigenvalue weighted by molar-refractivity contribution is 5.62. The largest absolute Gasteiger partial charge is 0.375 e. The van der Waals surface area contributed by atoms with E-state index in [2.05, 4.69) is 5.32 Å². The van der Waals surface area contributed by atoms with Gasteiger partial charge in [0.05, 0.1) is 4.92 Å². The normalized spacial score (nSPS) is 10.3. The van der Waals surface area contributed by atoms with E-state index in [1.165, 1.54) is 6.07 Å². The summed E-state index contributed by atoms with van der Waals surface area (Å²) < 4.78 is 26.5. The Morgan fingerprint density at radius 2 is 1.95 bits per heavy atom. The first kappa shape index (κ1) is 13.9. The molecule has 2 aromatic rings. The van der Waals surface area contributed by atoms with Gasteiger partial charge in [0.2, 0.25) is 0 Å². The zero-order chi connectivity index (χ0) is 14.7. The smallest absolute Gasteiger partial charge is 0.292 e. The fourth-order valence-corrected chi connectivity index (χ4v) is 1.82. The number of halogens is 2. The molecule has 2 aromatic carbocycles. The maximum Gasteiger partial charge on any atom is 0.292 e. The number of anilines is 1. The van der Waals surface area contributed by atoms with Crippen molar-refractivity contribution in [2.75, 3.05) is 5.32 Å². The first-order valence-corrected chi connectivity index (χ1v) is 5.90. The number of rotatable bonds is 4. The summed E-state index contributed by atoms with van der Waals surface area (Å²) in [6.45, 7) is 1.76. The van der Waals surface area contributed by atoms with Crippen LogP contribution in [-0.4, -0.2) is 4.92 Å². The quantitative estimate of drug-likeness (QED) is 0.683. The second-order valence-electron chi connectivity index (χ2n) is 4.37. The Kier molecular flexibility index (Phi) is 3.93. The molecule has 4 nitrogen and oxygen atoms in total. The van der Waals surface area contributed by atoms with Gasteiger partial charge in [0, 0.05) is 18.2 Å². The van der Waals surface area contributed by atoms with Crippen molar-refractivity contribution in [2.45, 2.75) is 13.5 Å². The van der Waals surface area contributed by atoms with E-state index >= 15 is 0 Å². The highest BCUT2D eigenvalue weighted by Crippen LogP contribution is 2.26. The third kappa shape index (κ3) is 3.09. The van der Waals surface area contributed by atoms with Gasteiger partial charge >= 0.3 is 0 Å². The molecule has 0 unspecified atom stereocenters. The molecular formula is C14H12F2N2O2. The lowest BCUT2D eigenvalue weighted by molar-refractivity contribution is -0.384. The number of hydrogen-bond acceptors (Lipinski definition) is 3. The molecule has 0 saturated heterocycles. The van der Waals surface area contributed by atoms with E-state index in [0.717, 1.165) is 23.8 Å². The van der Waals surface area contributed by atoms with Crippen LogP contribution in [0.3, 0.4) is 0 Å². The Balaban J connectivity index is 2.24. The van der Waals surface area contributed by atoms with E-state index in [9.17, 15) is 18.9 Å². The molecule has 0 atom stereocenters. The third-order valence-electron chi connectivity index (χ3n) is 2.83. The zero-order valence-corrected chi connectivity index (χ0v) is 10.7. The summed E-state index contributed by atoms with van der Waals surface area (Å²) in [6.07, 6.45) is 0. The molecule has 20 heavy (non-hydrogen) atoms. The van der Waals surface area contributed by atoms with Crippen LogP contribution in [0, 0.1) is 28.7 Å². The van der Waals surface area contributed by atoms with Gasteiger partial charge in [-0.15, -0.1) is 0 Å². The molecule has 0 amide bonds. The van der Waals surface area contributed by atoms with Gasteiger partial charge in [-0.3, -0.25) is 10.1 Å². The molecule has 0 aliphatic carbocycles. The first-order chi connectivity index (χ1) is 9.47. The van der Waals surface area contributed by atoms with E-state index in [4.69, 9.17) is 0 Å². The molecule has 0 aliphatic rings. The van der Waals surface area contributed by atoms with Gasteiger partial charge < -0.3 is 5.32 Å². The SMILES string of the molecule is Cc1ccc([N+](=O)[O-])c(NCc2cc(F)ccc2F)c1. The Hall–Kier alpha value is -2.50. The van der Waals surface area contributed by atoms with Crippen molar-refractivity contribution in [1.29, 1.82) is 0 Å². The van der Waals surface area contributed by atoms with E-state index in [0.29, 0.717) is 0 Å². The highest BCUT2D eigenvalue weighted by atomic mass is 19.1. The topological polar surface area (TPSA) is 55.2 Å². The van der Waals surface area contributed by atoms with Gasteiger partial charge in [0.1, 0.15) is 17.3 Å². The fraction of sp³-hybridized carbons (Fsp3) is 0.143. The molecule has 104 valence electrons. The molecular weight excluding hydrogens is 266 g/mol. The molecule has 0 heterocycles. The van der Waals surface area contributed by atoms with Crippen LogP contribution in [0.5, 0.6) is 0 Å². The Labute approximate surface area is 114 Å². The molecule has 6 heteroatoms. The summed E-state index contributed by atoms with van der Waals surface area (Å²) >= 11 is 0. The first-order valence-electron chi connectivity index (χ1n) is 5.90. The summed E-state index contributed by atoms with van der Waals surface area (Å²) in [5, 5.41) is 13.7. The summed E-state index contributed by atoms with van der Waals surface area (Å²) in [5.74, 6) is -1.11. The number of nitro benzene ring substituents is 1. The Morgan fingerprint density at radius 1 is 1.20 bits per heavy atom. The average molecular weight is 278 g/mol. The number of benzene rings is 2. The van der Waals surface area contributed by atoms with E-state index in [1.807, 2.05) is 0 Å². The van der Waals surface area contributed by atoms with Crippen molar-refractivity contribution in [2.24, 2.45) is 0 Å².